The molecule has 0 aromatic heterocycles. The predicted molar refractivity (Wildman–Crippen MR) is 71.1 cm³/mol. The monoisotopic (exact) mass is 331 g/mol. The van der Waals surface area contributed by atoms with Gasteiger partial charge in [-0.25, -0.2) is 21.9 Å². The fourth-order valence-electron chi connectivity index (χ4n) is 1.38. The molecule has 1 N–H and O–H groups in total. The maximum absolute atomic E-state index is 13.5. The smallest absolute Gasteiger partial charge is 0.207 e. The standard InChI is InChI=1S/C11H13Cl2F2NO2S/c1-2-11(6-12,7-13)16-19(17,18)10-4-3-8(14)5-9(10)15/h3-5,16H,2,6-7H2,1H3. The minimum Gasteiger partial charge on any atom is -0.207 e. The zero-order valence-electron chi connectivity index (χ0n) is 10.1. The van der Waals surface area contributed by atoms with Crippen molar-refractivity contribution < 1.29 is 17.2 Å². The number of nitrogens with one attached hydrogen (secondary N) is 1. The number of alkyl halides is 2. The molecule has 0 saturated carbocycles. The van der Waals surface area contributed by atoms with Crippen molar-refractivity contribution in [3.63, 3.8) is 0 Å². The first kappa shape index (κ1) is 16.6. The summed E-state index contributed by atoms with van der Waals surface area (Å²) in [6.45, 7) is 1.70. The van der Waals surface area contributed by atoms with Crippen LogP contribution >= 0.6 is 23.2 Å². The van der Waals surface area contributed by atoms with E-state index in [1.54, 1.807) is 6.92 Å². The number of benzene rings is 1. The molecule has 0 amide bonds. The van der Waals surface area contributed by atoms with E-state index in [0.717, 1.165) is 12.1 Å². The van der Waals surface area contributed by atoms with Crippen LogP contribution in [-0.4, -0.2) is 25.7 Å². The van der Waals surface area contributed by atoms with E-state index < -0.39 is 32.1 Å². The summed E-state index contributed by atoms with van der Waals surface area (Å²) in [5, 5.41) is 0. The lowest BCUT2D eigenvalue weighted by atomic mass is 10.0. The first-order valence-corrected chi connectivity index (χ1v) is 7.96. The molecule has 0 spiro atoms. The van der Waals surface area contributed by atoms with Gasteiger partial charge in [-0.2, -0.15) is 0 Å². The Balaban J connectivity index is 3.17. The van der Waals surface area contributed by atoms with Crippen LogP contribution in [-0.2, 0) is 10.0 Å². The zero-order valence-corrected chi connectivity index (χ0v) is 12.4. The summed E-state index contributed by atoms with van der Waals surface area (Å²) in [4.78, 5) is -0.637. The molecular formula is C11H13Cl2F2NO2S. The van der Waals surface area contributed by atoms with Crippen LogP contribution in [0.15, 0.2) is 23.1 Å². The molecule has 19 heavy (non-hydrogen) atoms. The number of hydrogen-bond acceptors (Lipinski definition) is 2. The summed E-state index contributed by atoms with van der Waals surface area (Å²) >= 11 is 11.4. The van der Waals surface area contributed by atoms with Gasteiger partial charge in [0.05, 0.1) is 5.54 Å². The average Bonchev–Trinajstić information content (AvgIpc) is 2.35. The van der Waals surface area contributed by atoms with Gasteiger partial charge in [-0.1, -0.05) is 6.92 Å². The molecule has 0 aliphatic carbocycles. The number of hydrogen-bond donors (Lipinski definition) is 1. The van der Waals surface area contributed by atoms with E-state index in [9.17, 15) is 17.2 Å². The normalized spacial score (nSPS) is 12.7. The van der Waals surface area contributed by atoms with Crippen LogP contribution in [0.3, 0.4) is 0 Å². The van der Waals surface area contributed by atoms with Crippen LogP contribution < -0.4 is 4.72 Å². The van der Waals surface area contributed by atoms with E-state index in [0.29, 0.717) is 12.5 Å². The van der Waals surface area contributed by atoms with Gasteiger partial charge in [0.2, 0.25) is 10.0 Å². The van der Waals surface area contributed by atoms with Gasteiger partial charge in [-0.05, 0) is 18.6 Å². The van der Waals surface area contributed by atoms with Gasteiger partial charge in [0.1, 0.15) is 16.5 Å². The molecule has 8 heteroatoms. The highest BCUT2D eigenvalue weighted by molar-refractivity contribution is 7.89. The molecule has 0 atom stereocenters. The van der Waals surface area contributed by atoms with Crippen molar-refractivity contribution in [2.75, 3.05) is 11.8 Å². The maximum Gasteiger partial charge on any atom is 0.244 e. The largest absolute Gasteiger partial charge is 0.244 e. The van der Waals surface area contributed by atoms with Crippen LogP contribution in [0.25, 0.3) is 0 Å². The Kier molecular flexibility index (Phi) is 5.55. The van der Waals surface area contributed by atoms with Gasteiger partial charge < -0.3 is 0 Å². The third-order valence-corrected chi connectivity index (χ3v) is 5.36. The third kappa shape index (κ3) is 3.78. The fraction of sp³-hybridized carbons (Fsp3) is 0.455. The molecule has 0 bridgehead atoms. The van der Waals surface area contributed by atoms with Gasteiger partial charge >= 0.3 is 0 Å². The second-order valence-electron chi connectivity index (χ2n) is 4.08. The maximum atomic E-state index is 13.5. The molecule has 0 saturated heterocycles. The molecule has 0 heterocycles. The minimum atomic E-state index is -4.16. The van der Waals surface area contributed by atoms with Crippen molar-refractivity contribution in [2.45, 2.75) is 23.8 Å². The van der Waals surface area contributed by atoms with E-state index in [1.807, 2.05) is 0 Å². The van der Waals surface area contributed by atoms with Crippen molar-refractivity contribution >= 4 is 33.2 Å². The average molecular weight is 332 g/mol. The highest BCUT2D eigenvalue weighted by Gasteiger charge is 2.33. The lowest BCUT2D eigenvalue weighted by molar-refractivity contribution is 0.446. The molecular weight excluding hydrogens is 319 g/mol. The van der Waals surface area contributed by atoms with Crippen LogP contribution in [0.4, 0.5) is 8.78 Å². The van der Waals surface area contributed by atoms with Crippen LogP contribution in [0, 0.1) is 11.6 Å². The van der Waals surface area contributed by atoms with Crippen molar-refractivity contribution in [3.05, 3.63) is 29.8 Å². The number of halogens is 4. The summed E-state index contributed by atoms with van der Waals surface area (Å²) in [6.07, 6.45) is 0.335. The van der Waals surface area contributed by atoms with Crippen LogP contribution in [0.2, 0.25) is 0 Å². The number of rotatable bonds is 6. The summed E-state index contributed by atoms with van der Waals surface area (Å²) in [5.74, 6) is -2.14. The van der Waals surface area contributed by atoms with Crippen molar-refractivity contribution in [1.29, 1.82) is 0 Å². The van der Waals surface area contributed by atoms with Crippen LogP contribution in [0.1, 0.15) is 13.3 Å². The van der Waals surface area contributed by atoms with E-state index >= 15 is 0 Å². The predicted octanol–water partition coefficient (Wildman–Crippen LogP) is 2.87. The fourth-order valence-corrected chi connectivity index (χ4v) is 3.87. The zero-order chi connectivity index (χ0) is 14.7. The van der Waals surface area contributed by atoms with E-state index in [4.69, 9.17) is 23.2 Å². The van der Waals surface area contributed by atoms with Crippen molar-refractivity contribution in [2.24, 2.45) is 0 Å². The quantitative estimate of drug-likeness (QED) is 0.815. The lowest BCUT2D eigenvalue weighted by Crippen LogP contribution is -2.51. The SMILES string of the molecule is CCC(CCl)(CCl)NS(=O)(=O)c1ccc(F)cc1F. The molecule has 0 aliphatic heterocycles. The third-order valence-electron chi connectivity index (χ3n) is 2.72. The van der Waals surface area contributed by atoms with Crippen molar-refractivity contribution in [3.8, 4) is 0 Å². The Labute approximate surface area is 121 Å². The molecule has 3 nitrogen and oxygen atoms in total. The Morgan fingerprint density at radius 2 is 1.84 bits per heavy atom. The van der Waals surface area contributed by atoms with Gasteiger partial charge in [0.15, 0.2) is 0 Å². The lowest BCUT2D eigenvalue weighted by Gasteiger charge is -2.29. The number of sulfonamides is 1. The van der Waals surface area contributed by atoms with E-state index in [2.05, 4.69) is 4.72 Å². The summed E-state index contributed by atoms with van der Waals surface area (Å²) in [7, 11) is -4.16. The molecule has 1 aromatic rings. The second-order valence-corrected chi connectivity index (χ2v) is 6.27. The van der Waals surface area contributed by atoms with E-state index in [-0.39, 0.29) is 11.8 Å². The molecule has 1 aromatic carbocycles. The Hall–Kier alpha value is -0.430. The minimum absolute atomic E-state index is 0.0605. The molecule has 0 fully saturated rings. The summed E-state index contributed by atoms with van der Waals surface area (Å²) < 4.78 is 52.7. The van der Waals surface area contributed by atoms with Gasteiger partial charge in [0.25, 0.3) is 0 Å². The van der Waals surface area contributed by atoms with Crippen LogP contribution in [0.5, 0.6) is 0 Å². The molecule has 108 valence electrons. The van der Waals surface area contributed by atoms with Crippen molar-refractivity contribution in [1.82, 2.24) is 4.72 Å². The first-order chi connectivity index (χ1) is 8.80. The highest BCUT2D eigenvalue weighted by atomic mass is 35.5. The Bertz CT molecular complexity index is 539. The molecule has 0 radical (unpaired) electrons. The van der Waals surface area contributed by atoms with Gasteiger partial charge in [-0.15, -0.1) is 23.2 Å². The van der Waals surface area contributed by atoms with Gasteiger partial charge in [0, 0.05) is 17.8 Å². The van der Waals surface area contributed by atoms with E-state index in [1.165, 1.54) is 0 Å². The Morgan fingerprint density at radius 1 is 1.26 bits per heavy atom. The Morgan fingerprint density at radius 3 is 2.26 bits per heavy atom. The highest BCUT2D eigenvalue weighted by Crippen LogP contribution is 2.21. The summed E-state index contributed by atoms with van der Waals surface area (Å²) in [5.41, 5.74) is -1.07. The second kappa shape index (κ2) is 6.35. The first-order valence-electron chi connectivity index (χ1n) is 5.41. The molecule has 0 aliphatic rings. The molecule has 0 unspecified atom stereocenters. The van der Waals surface area contributed by atoms with Gasteiger partial charge in [-0.3, -0.25) is 0 Å². The molecule has 1 rings (SSSR count). The topological polar surface area (TPSA) is 46.2 Å². The summed E-state index contributed by atoms with van der Waals surface area (Å²) in [6, 6.07) is 2.23.